The van der Waals surface area contributed by atoms with Crippen LogP contribution in [-0.4, -0.2) is 57.4 Å². The monoisotopic (exact) mass is 388 g/mol. The molecule has 2 rings (SSSR count). The van der Waals surface area contributed by atoms with Crippen molar-refractivity contribution in [2.75, 3.05) is 29.6 Å². The average Bonchev–Trinajstić information content (AvgIpc) is 2.84. The number of hydrogen-bond donors (Lipinski definition) is 1. The lowest BCUT2D eigenvalue weighted by molar-refractivity contribution is -0.116. The molecule has 0 aliphatic carbocycles. The average molecular weight is 389 g/mol. The second kappa shape index (κ2) is 7.43. The summed E-state index contributed by atoms with van der Waals surface area (Å²) in [6.07, 6.45) is 1.20. The van der Waals surface area contributed by atoms with E-state index in [1.54, 1.807) is 12.1 Å². The van der Waals surface area contributed by atoms with Gasteiger partial charge in [0.15, 0.2) is 9.84 Å². The summed E-state index contributed by atoms with van der Waals surface area (Å²) >= 11 is 0. The topological polar surface area (TPSA) is 101 Å². The zero-order valence-electron chi connectivity index (χ0n) is 14.6. The van der Waals surface area contributed by atoms with Crippen LogP contribution in [0.3, 0.4) is 0 Å². The second-order valence-corrected chi connectivity index (χ2v) is 10.9. The molecule has 1 N–H and O–H groups in total. The van der Waals surface area contributed by atoms with Gasteiger partial charge in [-0.25, -0.2) is 16.8 Å². The molecule has 7 nitrogen and oxygen atoms in total. The molecule has 25 heavy (non-hydrogen) atoms. The van der Waals surface area contributed by atoms with Crippen LogP contribution >= 0.6 is 0 Å². The molecule has 1 aliphatic heterocycles. The van der Waals surface area contributed by atoms with Crippen molar-refractivity contribution in [1.82, 2.24) is 4.31 Å². The van der Waals surface area contributed by atoms with E-state index in [0.29, 0.717) is 11.6 Å². The van der Waals surface area contributed by atoms with Crippen molar-refractivity contribution in [1.29, 1.82) is 0 Å². The van der Waals surface area contributed by atoms with Gasteiger partial charge in [-0.1, -0.05) is 26.0 Å². The maximum atomic E-state index is 12.2. The first-order valence-electron chi connectivity index (χ1n) is 8.05. The first kappa shape index (κ1) is 19.9. The highest BCUT2D eigenvalue weighted by Crippen LogP contribution is 2.21. The summed E-state index contributed by atoms with van der Waals surface area (Å²) in [5.74, 6) is -0.417. The molecule has 1 aliphatic rings. The highest BCUT2D eigenvalue weighted by atomic mass is 32.2. The fourth-order valence-electron chi connectivity index (χ4n) is 2.81. The van der Waals surface area contributed by atoms with Gasteiger partial charge in [-0.3, -0.25) is 4.79 Å². The molecule has 1 aromatic rings. The Morgan fingerprint density at radius 1 is 1.28 bits per heavy atom. The van der Waals surface area contributed by atoms with E-state index >= 15 is 0 Å². The van der Waals surface area contributed by atoms with Gasteiger partial charge in [-0.2, -0.15) is 4.31 Å². The van der Waals surface area contributed by atoms with Crippen LogP contribution in [0.5, 0.6) is 0 Å². The number of anilines is 1. The molecule has 0 aromatic heterocycles. The van der Waals surface area contributed by atoms with Crippen molar-refractivity contribution in [3.8, 4) is 0 Å². The van der Waals surface area contributed by atoms with Crippen LogP contribution in [-0.2, 0) is 24.7 Å². The van der Waals surface area contributed by atoms with E-state index in [2.05, 4.69) is 19.2 Å². The van der Waals surface area contributed by atoms with Gasteiger partial charge in [0.25, 0.3) is 0 Å². The molecule has 0 bridgehead atoms. The molecule has 1 unspecified atom stereocenters. The maximum Gasteiger partial charge on any atom is 0.239 e. The number of amides is 1. The zero-order valence-corrected chi connectivity index (χ0v) is 16.2. The number of carbonyl (C=O) groups excluding carboxylic acids is 1. The van der Waals surface area contributed by atoms with E-state index in [1.807, 2.05) is 12.1 Å². The third-order valence-electron chi connectivity index (χ3n) is 4.20. The number of hydrogen-bond acceptors (Lipinski definition) is 5. The minimum Gasteiger partial charge on any atom is -0.325 e. The molecule has 1 heterocycles. The molecule has 1 aromatic carbocycles. The minimum atomic E-state index is -3.70. The normalized spacial score (nSPS) is 20.1. The maximum absolute atomic E-state index is 12.2. The van der Waals surface area contributed by atoms with E-state index in [0.717, 1.165) is 16.1 Å². The smallest absolute Gasteiger partial charge is 0.239 e. The Balaban J connectivity index is 2.07. The van der Waals surface area contributed by atoms with Gasteiger partial charge in [-0.05, 0) is 30.0 Å². The van der Waals surface area contributed by atoms with Crippen molar-refractivity contribution in [2.24, 2.45) is 0 Å². The molecule has 0 spiro atoms. The fourth-order valence-corrected chi connectivity index (χ4v) is 5.71. The second-order valence-electron chi connectivity index (χ2n) is 6.69. The summed E-state index contributed by atoms with van der Waals surface area (Å²) in [5, 5.41) is 2.66. The molecule has 1 fully saturated rings. The van der Waals surface area contributed by atoms with E-state index in [1.165, 1.54) is 0 Å². The van der Waals surface area contributed by atoms with E-state index in [-0.39, 0.29) is 17.9 Å². The summed E-state index contributed by atoms with van der Waals surface area (Å²) < 4.78 is 48.2. The predicted octanol–water partition coefficient (Wildman–Crippen LogP) is 1.20. The van der Waals surface area contributed by atoms with Crippen molar-refractivity contribution in [3.63, 3.8) is 0 Å². The zero-order chi connectivity index (χ0) is 18.8. The number of nitrogens with zero attached hydrogens (tertiary/aromatic N) is 1. The predicted molar refractivity (Wildman–Crippen MR) is 97.8 cm³/mol. The van der Waals surface area contributed by atoms with Gasteiger partial charge >= 0.3 is 0 Å². The number of benzene rings is 1. The van der Waals surface area contributed by atoms with E-state index < -0.39 is 38.4 Å². The van der Waals surface area contributed by atoms with E-state index in [4.69, 9.17) is 0 Å². The van der Waals surface area contributed by atoms with Gasteiger partial charge < -0.3 is 5.32 Å². The Hall–Kier alpha value is -1.45. The quantitative estimate of drug-likeness (QED) is 0.789. The Kier molecular flexibility index (Phi) is 5.90. The van der Waals surface area contributed by atoms with Crippen LogP contribution in [0.2, 0.25) is 0 Å². The van der Waals surface area contributed by atoms with Crippen molar-refractivity contribution < 1.29 is 21.6 Å². The Bertz CT molecular complexity index is 830. The molecule has 0 radical (unpaired) electrons. The van der Waals surface area contributed by atoms with Crippen molar-refractivity contribution in [2.45, 2.75) is 32.2 Å². The third-order valence-corrected chi connectivity index (χ3v) is 7.23. The molecular weight excluding hydrogens is 364 g/mol. The lowest BCUT2D eigenvalue weighted by atomic mass is 10.0. The first-order valence-corrected chi connectivity index (χ1v) is 11.7. The highest BCUT2D eigenvalue weighted by Gasteiger charge is 2.37. The highest BCUT2D eigenvalue weighted by molar-refractivity contribution is 7.92. The minimum absolute atomic E-state index is 0.0536. The van der Waals surface area contributed by atoms with Crippen LogP contribution in [0.1, 0.15) is 31.7 Å². The number of nitrogens with one attached hydrogen (secondary N) is 1. The standard InChI is InChI=1S/C16H24N2O5S2/c1-12(2)13-4-6-14(7-5-13)17-16(19)10-18(24(3,20)21)15-8-9-25(22,23)11-15/h4-7,12,15H,8-11H2,1-3H3,(H,17,19). The molecule has 1 saturated heterocycles. The SMILES string of the molecule is CC(C)c1ccc(NC(=O)CN(C2CCS(=O)(=O)C2)S(C)(=O)=O)cc1. The van der Waals surface area contributed by atoms with Crippen LogP contribution in [0, 0.1) is 0 Å². The fraction of sp³-hybridized carbons (Fsp3) is 0.562. The van der Waals surface area contributed by atoms with Crippen molar-refractivity contribution >= 4 is 31.5 Å². The van der Waals surface area contributed by atoms with Crippen molar-refractivity contribution in [3.05, 3.63) is 29.8 Å². The van der Waals surface area contributed by atoms with Crippen LogP contribution in [0.15, 0.2) is 24.3 Å². The molecule has 140 valence electrons. The van der Waals surface area contributed by atoms with Crippen LogP contribution in [0.4, 0.5) is 5.69 Å². The number of sulfonamides is 1. The Morgan fingerprint density at radius 3 is 2.32 bits per heavy atom. The van der Waals surface area contributed by atoms with Gasteiger partial charge in [-0.15, -0.1) is 0 Å². The lowest BCUT2D eigenvalue weighted by Gasteiger charge is -2.24. The van der Waals surface area contributed by atoms with E-state index in [9.17, 15) is 21.6 Å². The molecule has 1 amide bonds. The van der Waals surface area contributed by atoms with Gasteiger partial charge in [0.2, 0.25) is 15.9 Å². The summed E-state index contributed by atoms with van der Waals surface area (Å²) in [4.78, 5) is 12.2. The van der Waals surface area contributed by atoms with Gasteiger partial charge in [0, 0.05) is 11.7 Å². The lowest BCUT2D eigenvalue weighted by Crippen LogP contribution is -2.44. The largest absolute Gasteiger partial charge is 0.325 e. The van der Waals surface area contributed by atoms with Gasteiger partial charge in [0.1, 0.15) is 0 Å². The molecule has 1 atom stereocenters. The summed E-state index contributed by atoms with van der Waals surface area (Å²) in [6, 6.07) is 6.64. The molecule has 9 heteroatoms. The Morgan fingerprint density at radius 2 is 1.88 bits per heavy atom. The number of sulfone groups is 1. The summed E-state index contributed by atoms with van der Waals surface area (Å²) in [6.45, 7) is 3.73. The summed E-state index contributed by atoms with van der Waals surface area (Å²) in [5.41, 5.74) is 1.70. The molecular formula is C16H24N2O5S2. The Labute approximate surface area is 149 Å². The summed E-state index contributed by atoms with van der Waals surface area (Å²) in [7, 11) is -6.94. The van der Waals surface area contributed by atoms with Gasteiger partial charge in [0.05, 0.1) is 24.3 Å². The first-order chi connectivity index (χ1) is 11.5. The number of carbonyl (C=O) groups is 1. The third kappa shape index (κ3) is 5.52. The van der Waals surface area contributed by atoms with Crippen LogP contribution in [0.25, 0.3) is 0 Å². The molecule has 0 saturated carbocycles. The number of rotatable bonds is 6. The van der Waals surface area contributed by atoms with Crippen LogP contribution < -0.4 is 5.32 Å².